The Morgan fingerprint density at radius 1 is 1.35 bits per heavy atom. The fourth-order valence-electron chi connectivity index (χ4n) is 2.46. The number of hydrogen-bond donors (Lipinski definition) is 1. The second kappa shape index (κ2) is 6.14. The molecule has 128 valence electrons. The fraction of sp³-hybridized carbons (Fsp3) is 0.667. The van der Waals surface area contributed by atoms with Gasteiger partial charge in [0.15, 0.2) is 0 Å². The molecule has 1 aliphatic rings. The van der Waals surface area contributed by atoms with Gasteiger partial charge in [-0.05, 0) is 13.8 Å². The lowest BCUT2D eigenvalue weighted by Crippen LogP contribution is -2.54. The van der Waals surface area contributed by atoms with Crippen molar-refractivity contribution in [1.82, 2.24) is 20.0 Å². The number of hydrogen-bond acceptors (Lipinski definition) is 5. The summed E-state index contributed by atoms with van der Waals surface area (Å²) < 4.78 is 38.1. The zero-order chi connectivity index (χ0) is 17.4. The molecule has 2 heterocycles. The number of rotatable bonds is 3. The summed E-state index contributed by atoms with van der Waals surface area (Å²) in [6, 6.07) is -1.60. The number of nitrogens with zero attached hydrogens (tertiary/aromatic N) is 4. The number of H-pyrrole nitrogens is 1. The van der Waals surface area contributed by atoms with E-state index in [1.165, 1.54) is 16.7 Å². The van der Waals surface area contributed by atoms with Crippen LogP contribution in [0.3, 0.4) is 0 Å². The number of aryl methyl sites for hydroxylation is 1. The van der Waals surface area contributed by atoms with Crippen molar-refractivity contribution in [2.24, 2.45) is 0 Å². The number of aromatic nitrogens is 2. The Morgan fingerprint density at radius 2 is 1.91 bits per heavy atom. The predicted octanol–water partition coefficient (Wildman–Crippen LogP) is 1.33. The maximum absolute atomic E-state index is 12.7. The van der Waals surface area contributed by atoms with Crippen LogP contribution in [-0.2, 0) is 0 Å². The molecule has 2 rings (SSSR count). The topological polar surface area (TPSA) is 95.4 Å². The van der Waals surface area contributed by atoms with Gasteiger partial charge in [-0.2, -0.15) is 18.3 Å². The van der Waals surface area contributed by atoms with Gasteiger partial charge in [-0.15, -0.1) is 0 Å². The molecule has 11 heteroatoms. The van der Waals surface area contributed by atoms with Crippen LogP contribution >= 0.6 is 0 Å². The van der Waals surface area contributed by atoms with Crippen LogP contribution < -0.4 is 0 Å². The molecule has 1 aromatic rings. The fourth-order valence-corrected chi connectivity index (χ4v) is 2.46. The first kappa shape index (κ1) is 17.2. The van der Waals surface area contributed by atoms with Crippen molar-refractivity contribution in [2.75, 3.05) is 26.2 Å². The zero-order valence-corrected chi connectivity index (χ0v) is 12.6. The van der Waals surface area contributed by atoms with E-state index >= 15 is 0 Å². The van der Waals surface area contributed by atoms with E-state index in [9.17, 15) is 28.1 Å². The maximum Gasteiger partial charge on any atom is 0.403 e. The van der Waals surface area contributed by atoms with E-state index in [4.69, 9.17) is 0 Å². The van der Waals surface area contributed by atoms with E-state index in [0.29, 0.717) is 0 Å². The van der Waals surface area contributed by atoms with E-state index in [0.717, 1.165) is 6.92 Å². The number of nitrogens with one attached hydrogen (secondary N) is 1. The van der Waals surface area contributed by atoms with Crippen LogP contribution in [0.1, 0.15) is 23.1 Å². The molecule has 1 aliphatic heterocycles. The van der Waals surface area contributed by atoms with Gasteiger partial charge in [-0.25, -0.2) is 0 Å². The highest BCUT2D eigenvalue weighted by Gasteiger charge is 2.41. The number of nitro groups is 1. The van der Waals surface area contributed by atoms with Gasteiger partial charge >= 0.3 is 11.9 Å². The second-order valence-electron chi connectivity index (χ2n) is 5.35. The van der Waals surface area contributed by atoms with Crippen molar-refractivity contribution < 1.29 is 22.9 Å². The molecule has 1 fully saturated rings. The lowest BCUT2D eigenvalue weighted by Gasteiger charge is -2.38. The minimum absolute atomic E-state index is 0.0453. The molecule has 0 aromatic carbocycles. The molecule has 8 nitrogen and oxygen atoms in total. The van der Waals surface area contributed by atoms with Gasteiger partial charge in [0.05, 0.1) is 4.92 Å². The lowest BCUT2D eigenvalue weighted by atomic mass is 10.2. The van der Waals surface area contributed by atoms with Crippen molar-refractivity contribution in [3.63, 3.8) is 0 Å². The highest BCUT2D eigenvalue weighted by Crippen LogP contribution is 2.26. The Balaban J connectivity index is 2.06. The largest absolute Gasteiger partial charge is 0.403 e. The van der Waals surface area contributed by atoms with Crippen LogP contribution in [0.2, 0.25) is 0 Å². The summed E-state index contributed by atoms with van der Waals surface area (Å²) in [6.45, 7) is 2.70. The monoisotopic (exact) mass is 335 g/mol. The summed E-state index contributed by atoms with van der Waals surface area (Å²) in [7, 11) is 0. The van der Waals surface area contributed by atoms with Crippen molar-refractivity contribution in [3.05, 3.63) is 21.5 Å². The minimum Gasteiger partial charge on any atom is -0.334 e. The van der Waals surface area contributed by atoms with Gasteiger partial charge in [0, 0.05) is 26.2 Å². The van der Waals surface area contributed by atoms with Crippen LogP contribution in [0, 0.1) is 17.0 Å². The van der Waals surface area contributed by atoms with Crippen LogP contribution in [0.25, 0.3) is 0 Å². The van der Waals surface area contributed by atoms with E-state index in [1.54, 1.807) is 0 Å². The van der Waals surface area contributed by atoms with Gasteiger partial charge in [0.25, 0.3) is 5.91 Å². The minimum atomic E-state index is -4.33. The maximum atomic E-state index is 12.7. The first-order valence-electron chi connectivity index (χ1n) is 6.92. The molecule has 0 aliphatic carbocycles. The van der Waals surface area contributed by atoms with Crippen LogP contribution in [-0.4, -0.2) is 69.2 Å². The van der Waals surface area contributed by atoms with E-state index in [2.05, 4.69) is 10.2 Å². The lowest BCUT2D eigenvalue weighted by molar-refractivity contribution is -0.385. The first-order valence-corrected chi connectivity index (χ1v) is 6.92. The van der Waals surface area contributed by atoms with E-state index < -0.39 is 28.7 Å². The Morgan fingerprint density at radius 3 is 2.39 bits per heavy atom. The molecular formula is C12H16F3N5O3. The number of halogens is 3. The summed E-state index contributed by atoms with van der Waals surface area (Å²) >= 11 is 0. The van der Waals surface area contributed by atoms with E-state index in [-0.39, 0.29) is 37.6 Å². The van der Waals surface area contributed by atoms with Gasteiger partial charge in [0.2, 0.25) is 5.69 Å². The average molecular weight is 335 g/mol. The summed E-state index contributed by atoms with van der Waals surface area (Å²) in [5.41, 5.74) is -0.561. The SMILES string of the molecule is Cc1[nH]nc(C(=O)N2CCN(C(C)C(F)(F)F)CC2)c1[N+](=O)[O-]. The van der Waals surface area contributed by atoms with Gasteiger partial charge in [0.1, 0.15) is 11.7 Å². The number of carbonyl (C=O) groups is 1. The average Bonchev–Trinajstić information content (AvgIpc) is 2.87. The number of carbonyl (C=O) groups excluding carboxylic acids is 1. The predicted molar refractivity (Wildman–Crippen MR) is 73.0 cm³/mol. The van der Waals surface area contributed by atoms with Gasteiger partial charge in [-0.1, -0.05) is 0 Å². The number of amides is 1. The zero-order valence-electron chi connectivity index (χ0n) is 12.6. The van der Waals surface area contributed by atoms with Crippen molar-refractivity contribution in [3.8, 4) is 0 Å². The molecule has 1 unspecified atom stereocenters. The highest BCUT2D eigenvalue weighted by atomic mass is 19.4. The molecule has 1 saturated heterocycles. The Labute approximate surface area is 129 Å². The molecule has 23 heavy (non-hydrogen) atoms. The summed E-state index contributed by atoms with van der Waals surface area (Å²) in [5, 5.41) is 17.0. The molecule has 1 atom stereocenters. The van der Waals surface area contributed by atoms with Crippen molar-refractivity contribution in [2.45, 2.75) is 26.1 Å². The van der Waals surface area contributed by atoms with Crippen LogP contribution in [0.5, 0.6) is 0 Å². The second-order valence-corrected chi connectivity index (χ2v) is 5.35. The molecule has 1 N–H and O–H groups in total. The Hall–Kier alpha value is -2.17. The summed E-state index contributed by atoms with van der Waals surface area (Å²) in [6.07, 6.45) is -4.33. The summed E-state index contributed by atoms with van der Waals surface area (Å²) in [4.78, 5) is 25.1. The van der Waals surface area contributed by atoms with Crippen LogP contribution in [0.4, 0.5) is 18.9 Å². The normalized spacial score (nSPS) is 18.0. The third kappa shape index (κ3) is 3.44. The first-order chi connectivity index (χ1) is 10.6. The quantitative estimate of drug-likeness (QED) is 0.664. The van der Waals surface area contributed by atoms with Crippen molar-refractivity contribution >= 4 is 11.6 Å². The molecule has 0 radical (unpaired) electrons. The van der Waals surface area contributed by atoms with Gasteiger partial charge in [-0.3, -0.25) is 24.9 Å². The van der Waals surface area contributed by atoms with E-state index in [1.807, 2.05) is 0 Å². The summed E-state index contributed by atoms with van der Waals surface area (Å²) in [5.74, 6) is -0.652. The van der Waals surface area contributed by atoms with Crippen molar-refractivity contribution in [1.29, 1.82) is 0 Å². The number of alkyl halides is 3. The smallest absolute Gasteiger partial charge is 0.334 e. The van der Waals surface area contributed by atoms with Gasteiger partial charge < -0.3 is 4.90 Å². The molecular weight excluding hydrogens is 319 g/mol. The Bertz CT molecular complexity index is 608. The third-order valence-corrected chi connectivity index (χ3v) is 3.92. The molecule has 0 bridgehead atoms. The molecule has 0 saturated carbocycles. The standard InChI is InChI=1S/C12H16F3N5O3/c1-7-10(20(22)23)9(17-16-7)11(21)19-5-3-18(4-6-19)8(2)12(13,14)15/h8H,3-6H2,1-2H3,(H,16,17). The Kier molecular flexibility index (Phi) is 4.59. The molecule has 1 amide bonds. The third-order valence-electron chi connectivity index (χ3n) is 3.92. The number of aromatic amines is 1. The molecule has 0 spiro atoms. The van der Waals surface area contributed by atoms with Crippen LogP contribution in [0.15, 0.2) is 0 Å². The molecule has 1 aromatic heterocycles. The number of piperazine rings is 1. The highest BCUT2D eigenvalue weighted by molar-refractivity contribution is 5.96.